The van der Waals surface area contributed by atoms with Gasteiger partial charge < -0.3 is 5.32 Å². The molecule has 32 heavy (non-hydrogen) atoms. The van der Waals surface area contributed by atoms with E-state index in [2.05, 4.69) is 5.32 Å². The fourth-order valence-electron chi connectivity index (χ4n) is 3.65. The fourth-order valence-corrected chi connectivity index (χ4v) is 5.96. The van der Waals surface area contributed by atoms with Crippen molar-refractivity contribution in [1.29, 1.82) is 0 Å². The summed E-state index contributed by atoms with van der Waals surface area (Å²) < 4.78 is 26.6. The van der Waals surface area contributed by atoms with Gasteiger partial charge in [0.25, 0.3) is 0 Å². The van der Waals surface area contributed by atoms with Crippen LogP contribution in [0, 0.1) is 0 Å². The molecule has 7 heteroatoms. The van der Waals surface area contributed by atoms with Gasteiger partial charge >= 0.3 is 7.75 Å². The third-order valence-electron chi connectivity index (χ3n) is 4.98. The number of nitrogens with zero attached hydrogens (tertiary/aromatic N) is 1. The van der Waals surface area contributed by atoms with Crippen molar-refractivity contribution >= 4 is 31.5 Å². The van der Waals surface area contributed by atoms with Crippen LogP contribution in [0.15, 0.2) is 54.6 Å². The standard InChI is InChI=1S/C25H33N2O4P/c1-19(2)30-32(29,31-20(3)4)27-18-8-11-24(27)25(28)26-23-16-14-22(15-17-23)13-12-21-9-6-5-7-10-21/h5-7,9-10,12-17,19-20,24H,8,11,18H2,1-4H3,(H,26,28)/b13-12+. The van der Waals surface area contributed by atoms with Crippen LogP contribution in [-0.2, 0) is 18.4 Å². The first-order valence-corrected chi connectivity index (χ1v) is 12.6. The molecule has 2 aromatic carbocycles. The van der Waals surface area contributed by atoms with Gasteiger partial charge in [-0.25, -0.2) is 4.57 Å². The normalized spacial score (nSPS) is 17.5. The third kappa shape index (κ3) is 6.63. The minimum absolute atomic E-state index is 0.199. The van der Waals surface area contributed by atoms with E-state index in [1.807, 2.05) is 94.4 Å². The van der Waals surface area contributed by atoms with Gasteiger partial charge in [-0.2, -0.15) is 4.67 Å². The Morgan fingerprint density at radius 3 is 2.09 bits per heavy atom. The molecule has 1 fully saturated rings. The van der Waals surface area contributed by atoms with Gasteiger partial charge in [0.2, 0.25) is 5.91 Å². The molecule has 0 aromatic heterocycles. The number of hydrogen-bond donors (Lipinski definition) is 1. The van der Waals surface area contributed by atoms with E-state index in [1.165, 1.54) is 0 Å². The van der Waals surface area contributed by atoms with Gasteiger partial charge in [0.15, 0.2) is 0 Å². The lowest BCUT2D eigenvalue weighted by atomic mass is 10.1. The van der Waals surface area contributed by atoms with Gasteiger partial charge in [-0.1, -0.05) is 54.6 Å². The van der Waals surface area contributed by atoms with Crippen LogP contribution in [0.2, 0.25) is 0 Å². The zero-order valence-electron chi connectivity index (χ0n) is 19.2. The van der Waals surface area contributed by atoms with Crippen LogP contribution in [0.1, 0.15) is 51.7 Å². The first-order chi connectivity index (χ1) is 15.3. The van der Waals surface area contributed by atoms with Crippen LogP contribution in [0.4, 0.5) is 5.69 Å². The largest absolute Gasteiger partial charge is 0.409 e. The summed E-state index contributed by atoms with van der Waals surface area (Å²) in [6.07, 6.45) is 4.89. The number of hydrogen-bond acceptors (Lipinski definition) is 4. The van der Waals surface area contributed by atoms with Crippen molar-refractivity contribution in [2.24, 2.45) is 0 Å². The number of amides is 1. The van der Waals surface area contributed by atoms with E-state index < -0.39 is 13.8 Å². The van der Waals surface area contributed by atoms with E-state index in [-0.39, 0.29) is 18.1 Å². The zero-order valence-corrected chi connectivity index (χ0v) is 20.1. The molecule has 1 saturated heterocycles. The summed E-state index contributed by atoms with van der Waals surface area (Å²) in [7, 11) is -3.58. The minimum atomic E-state index is -3.58. The van der Waals surface area contributed by atoms with Crippen molar-refractivity contribution in [2.45, 2.75) is 58.8 Å². The van der Waals surface area contributed by atoms with E-state index in [9.17, 15) is 9.36 Å². The Labute approximate surface area is 191 Å². The van der Waals surface area contributed by atoms with E-state index in [1.54, 1.807) is 4.67 Å². The van der Waals surface area contributed by atoms with E-state index >= 15 is 0 Å². The number of carbonyl (C=O) groups excluding carboxylic acids is 1. The molecular weight excluding hydrogens is 423 g/mol. The molecule has 0 aliphatic carbocycles. The third-order valence-corrected chi connectivity index (χ3v) is 7.46. The smallest absolute Gasteiger partial charge is 0.325 e. The summed E-state index contributed by atoms with van der Waals surface area (Å²) in [5.74, 6) is -0.199. The zero-order chi connectivity index (χ0) is 23.1. The SMILES string of the molecule is CC(C)OP(=O)(OC(C)C)N1CCCC1C(=O)Nc1ccc(/C=C/c2ccccc2)cc1. The summed E-state index contributed by atoms with van der Waals surface area (Å²) in [5.41, 5.74) is 2.86. The van der Waals surface area contributed by atoms with Crippen LogP contribution in [-0.4, -0.2) is 35.4 Å². The lowest BCUT2D eigenvalue weighted by Gasteiger charge is -2.33. The fraction of sp³-hybridized carbons (Fsp3) is 0.400. The maximum atomic E-state index is 13.5. The van der Waals surface area contributed by atoms with E-state index in [0.29, 0.717) is 18.7 Å². The molecule has 1 aliphatic heterocycles. The molecule has 0 saturated carbocycles. The number of nitrogens with one attached hydrogen (secondary N) is 1. The van der Waals surface area contributed by atoms with Crippen LogP contribution >= 0.6 is 7.75 Å². The Bertz CT molecular complexity index is 944. The van der Waals surface area contributed by atoms with Crippen LogP contribution in [0.5, 0.6) is 0 Å². The average molecular weight is 457 g/mol. The molecule has 172 valence electrons. The predicted octanol–water partition coefficient (Wildman–Crippen LogP) is 6.22. The molecule has 1 atom stereocenters. The molecule has 1 N–H and O–H groups in total. The number of benzene rings is 2. The van der Waals surface area contributed by atoms with Crippen molar-refractivity contribution in [2.75, 3.05) is 11.9 Å². The van der Waals surface area contributed by atoms with E-state index in [4.69, 9.17) is 9.05 Å². The molecule has 1 amide bonds. The second-order valence-corrected chi connectivity index (χ2v) is 10.3. The lowest BCUT2D eigenvalue weighted by molar-refractivity contribution is -0.119. The Morgan fingerprint density at radius 2 is 1.53 bits per heavy atom. The molecule has 3 rings (SSSR count). The molecule has 0 bridgehead atoms. The molecule has 1 aliphatic rings. The summed E-state index contributed by atoms with van der Waals surface area (Å²) >= 11 is 0. The number of anilines is 1. The Kier molecular flexibility index (Phi) is 8.44. The van der Waals surface area contributed by atoms with Gasteiger partial charge in [0.05, 0.1) is 18.2 Å². The second kappa shape index (κ2) is 11.1. The van der Waals surface area contributed by atoms with Crippen molar-refractivity contribution in [1.82, 2.24) is 4.67 Å². The molecular formula is C25H33N2O4P. The van der Waals surface area contributed by atoms with Gasteiger partial charge in [-0.3, -0.25) is 13.8 Å². The summed E-state index contributed by atoms with van der Waals surface area (Å²) in [5, 5.41) is 2.96. The maximum Gasteiger partial charge on any atom is 0.409 e. The van der Waals surface area contributed by atoms with Crippen molar-refractivity contribution in [3.05, 3.63) is 65.7 Å². The Hall–Kier alpha value is -2.24. The van der Waals surface area contributed by atoms with E-state index in [0.717, 1.165) is 17.5 Å². The average Bonchev–Trinajstić information content (AvgIpc) is 3.24. The topological polar surface area (TPSA) is 67.9 Å². The van der Waals surface area contributed by atoms with Gasteiger partial charge in [0.1, 0.15) is 0 Å². The Morgan fingerprint density at radius 1 is 0.969 bits per heavy atom. The predicted molar refractivity (Wildman–Crippen MR) is 130 cm³/mol. The highest BCUT2D eigenvalue weighted by molar-refractivity contribution is 7.51. The summed E-state index contributed by atoms with van der Waals surface area (Å²) in [6.45, 7) is 7.76. The highest BCUT2D eigenvalue weighted by Crippen LogP contribution is 2.57. The molecule has 6 nitrogen and oxygen atoms in total. The molecule has 0 radical (unpaired) electrons. The first kappa shape index (κ1) is 24.4. The van der Waals surface area contributed by atoms with Gasteiger partial charge in [0, 0.05) is 12.2 Å². The lowest BCUT2D eigenvalue weighted by Crippen LogP contribution is -2.39. The maximum absolute atomic E-state index is 13.5. The van der Waals surface area contributed by atoms with Crippen molar-refractivity contribution in [3.8, 4) is 0 Å². The van der Waals surface area contributed by atoms with Gasteiger partial charge in [-0.15, -0.1) is 0 Å². The van der Waals surface area contributed by atoms with Crippen LogP contribution in [0.25, 0.3) is 12.2 Å². The van der Waals surface area contributed by atoms with Crippen LogP contribution < -0.4 is 5.32 Å². The summed E-state index contributed by atoms with van der Waals surface area (Å²) in [4.78, 5) is 13.0. The summed E-state index contributed by atoms with van der Waals surface area (Å²) in [6, 6.07) is 17.2. The Balaban J connectivity index is 1.67. The molecule has 1 unspecified atom stereocenters. The second-order valence-electron chi connectivity index (χ2n) is 8.45. The van der Waals surface area contributed by atoms with Gasteiger partial charge in [-0.05, 0) is 63.8 Å². The monoisotopic (exact) mass is 456 g/mol. The minimum Gasteiger partial charge on any atom is -0.325 e. The van der Waals surface area contributed by atoms with Crippen LogP contribution in [0.3, 0.4) is 0 Å². The number of carbonyl (C=O) groups is 1. The molecule has 2 aromatic rings. The first-order valence-electron chi connectivity index (χ1n) is 11.1. The highest BCUT2D eigenvalue weighted by Gasteiger charge is 2.45. The number of rotatable bonds is 9. The highest BCUT2D eigenvalue weighted by atomic mass is 31.2. The van der Waals surface area contributed by atoms with Crippen molar-refractivity contribution < 1.29 is 18.4 Å². The molecule has 0 spiro atoms. The quantitative estimate of drug-likeness (QED) is 0.358. The molecule has 1 heterocycles. The van der Waals surface area contributed by atoms with Crippen molar-refractivity contribution in [3.63, 3.8) is 0 Å².